The average Bonchev–Trinajstić information content (AvgIpc) is 2.42. The first-order valence-electron chi connectivity index (χ1n) is 7.54. The molecule has 0 unspecified atom stereocenters. The molecule has 0 aromatic heterocycles. The van der Waals surface area contributed by atoms with Crippen molar-refractivity contribution < 1.29 is 9.90 Å². The van der Waals surface area contributed by atoms with Crippen molar-refractivity contribution in [3.8, 4) is 0 Å². The number of carbonyl (C=O) groups excluding carboxylic acids is 1. The van der Waals surface area contributed by atoms with Gasteiger partial charge in [0.1, 0.15) is 0 Å². The first-order chi connectivity index (χ1) is 8.69. The second kappa shape index (κ2) is 8.52. The SMILES string of the molecule is CCCCC1CCC(C(=O)N(C)CCCO)CC1. The number of carbonyl (C=O) groups is 1. The van der Waals surface area contributed by atoms with E-state index in [-0.39, 0.29) is 18.4 Å². The molecule has 18 heavy (non-hydrogen) atoms. The average molecular weight is 255 g/mol. The van der Waals surface area contributed by atoms with Gasteiger partial charge >= 0.3 is 0 Å². The fourth-order valence-corrected chi connectivity index (χ4v) is 2.92. The minimum atomic E-state index is 0.168. The lowest BCUT2D eigenvalue weighted by Gasteiger charge is -2.30. The highest BCUT2D eigenvalue weighted by molar-refractivity contribution is 5.78. The van der Waals surface area contributed by atoms with Crippen LogP contribution in [0.4, 0.5) is 0 Å². The van der Waals surface area contributed by atoms with Crippen molar-refractivity contribution in [1.29, 1.82) is 0 Å². The third-order valence-corrected chi connectivity index (χ3v) is 4.19. The minimum Gasteiger partial charge on any atom is -0.396 e. The molecule has 1 fully saturated rings. The summed E-state index contributed by atoms with van der Waals surface area (Å²) in [5, 5.41) is 8.79. The van der Waals surface area contributed by atoms with Crippen LogP contribution in [0.2, 0.25) is 0 Å². The second-order valence-electron chi connectivity index (χ2n) is 5.70. The fourth-order valence-electron chi connectivity index (χ4n) is 2.92. The van der Waals surface area contributed by atoms with Crippen LogP contribution in [0.5, 0.6) is 0 Å². The topological polar surface area (TPSA) is 40.5 Å². The first kappa shape index (κ1) is 15.5. The normalized spacial score (nSPS) is 23.9. The Morgan fingerprint density at radius 3 is 2.44 bits per heavy atom. The predicted molar refractivity (Wildman–Crippen MR) is 74.3 cm³/mol. The molecule has 106 valence electrons. The molecule has 0 aliphatic heterocycles. The van der Waals surface area contributed by atoms with Crippen LogP contribution < -0.4 is 0 Å². The molecule has 0 saturated heterocycles. The van der Waals surface area contributed by atoms with Crippen LogP contribution in [0.1, 0.15) is 58.3 Å². The highest BCUT2D eigenvalue weighted by Crippen LogP contribution is 2.32. The Hall–Kier alpha value is -0.570. The molecule has 1 rings (SSSR count). The molecule has 0 aromatic carbocycles. The van der Waals surface area contributed by atoms with E-state index >= 15 is 0 Å². The molecule has 0 atom stereocenters. The van der Waals surface area contributed by atoms with Gasteiger partial charge in [0, 0.05) is 26.1 Å². The van der Waals surface area contributed by atoms with Crippen LogP contribution in [0.15, 0.2) is 0 Å². The number of hydrogen-bond acceptors (Lipinski definition) is 2. The molecule has 3 heteroatoms. The largest absolute Gasteiger partial charge is 0.396 e. The van der Waals surface area contributed by atoms with Crippen LogP contribution in [0.25, 0.3) is 0 Å². The van der Waals surface area contributed by atoms with E-state index in [0.29, 0.717) is 13.0 Å². The first-order valence-corrected chi connectivity index (χ1v) is 7.54. The Morgan fingerprint density at radius 1 is 1.22 bits per heavy atom. The molecule has 0 bridgehead atoms. The highest BCUT2D eigenvalue weighted by Gasteiger charge is 2.27. The van der Waals surface area contributed by atoms with E-state index in [2.05, 4.69) is 6.92 Å². The maximum absolute atomic E-state index is 12.2. The number of hydrogen-bond donors (Lipinski definition) is 1. The van der Waals surface area contributed by atoms with E-state index in [4.69, 9.17) is 5.11 Å². The van der Waals surface area contributed by atoms with Crippen LogP contribution in [-0.2, 0) is 4.79 Å². The van der Waals surface area contributed by atoms with Crippen molar-refractivity contribution in [2.45, 2.75) is 58.3 Å². The fraction of sp³-hybridized carbons (Fsp3) is 0.933. The summed E-state index contributed by atoms with van der Waals surface area (Å²) in [6.07, 6.45) is 9.23. The van der Waals surface area contributed by atoms with Gasteiger partial charge in [-0.1, -0.05) is 26.2 Å². The van der Waals surface area contributed by atoms with E-state index in [9.17, 15) is 4.79 Å². The highest BCUT2D eigenvalue weighted by atomic mass is 16.3. The van der Waals surface area contributed by atoms with Crippen LogP contribution in [-0.4, -0.2) is 36.1 Å². The minimum absolute atomic E-state index is 0.168. The zero-order chi connectivity index (χ0) is 13.4. The zero-order valence-electron chi connectivity index (χ0n) is 12.0. The van der Waals surface area contributed by atoms with E-state index in [1.54, 1.807) is 4.90 Å². The molecule has 1 aliphatic carbocycles. The van der Waals surface area contributed by atoms with E-state index in [0.717, 1.165) is 18.8 Å². The van der Waals surface area contributed by atoms with E-state index in [1.165, 1.54) is 32.1 Å². The number of amides is 1. The molecule has 0 radical (unpaired) electrons. The quantitative estimate of drug-likeness (QED) is 0.760. The van der Waals surface area contributed by atoms with Gasteiger partial charge < -0.3 is 10.0 Å². The van der Waals surface area contributed by atoms with Gasteiger partial charge in [0.05, 0.1) is 0 Å². The molecule has 0 aromatic rings. The van der Waals surface area contributed by atoms with Crippen LogP contribution in [0, 0.1) is 11.8 Å². The van der Waals surface area contributed by atoms with E-state index < -0.39 is 0 Å². The summed E-state index contributed by atoms with van der Waals surface area (Å²) in [4.78, 5) is 14.0. The molecule has 1 aliphatic rings. The number of aliphatic hydroxyl groups excluding tert-OH is 1. The number of rotatable bonds is 7. The molecular formula is C15H29NO2. The molecule has 1 saturated carbocycles. The van der Waals surface area contributed by atoms with Crippen molar-refractivity contribution in [2.75, 3.05) is 20.2 Å². The van der Waals surface area contributed by atoms with Crippen molar-refractivity contribution >= 4 is 5.91 Å². The van der Waals surface area contributed by atoms with Gasteiger partial charge in [-0.15, -0.1) is 0 Å². The smallest absolute Gasteiger partial charge is 0.225 e. The van der Waals surface area contributed by atoms with Gasteiger partial charge in [0.15, 0.2) is 0 Å². The van der Waals surface area contributed by atoms with Gasteiger partial charge in [-0.3, -0.25) is 4.79 Å². The summed E-state index contributed by atoms with van der Waals surface area (Å²) in [6, 6.07) is 0. The second-order valence-corrected chi connectivity index (χ2v) is 5.70. The Balaban J connectivity index is 2.26. The monoisotopic (exact) mass is 255 g/mol. The summed E-state index contributed by atoms with van der Waals surface area (Å²) in [5.74, 6) is 1.39. The predicted octanol–water partition coefficient (Wildman–Crippen LogP) is 2.82. The number of nitrogens with zero attached hydrogens (tertiary/aromatic N) is 1. The molecular weight excluding hydrogens is 226 g/mol. The molecule has 1 N–H and O–H groups in total. The maximum atomic E-state index is 12.2. The third-order valence-electron chi connectivity index (χ3n) is 4.19. The summed E-state index contributed by atoms with van der Waals surface area (Å²) >= 11 is 0. The van der Waals surface area contributed by atoms with Gasteiger partial charge in [0.25, 0.3) is 0 Å². The van der Waals surface area contributed by atoms with Gasteiger partial charge in [-0.2, -0.15) is 0 Å². The number of aliphatic hydroxyl groups is 1. The third kappa shape index (κ3) is 4.97. The Bertz CT molecular complexity index is 235. The summed E-state index contributed by atoms with van der Waals surface area (Å²) < 4.78 is 0. The van der Waals surface area contributed by atoms with Crippen LogP contribution >= 0.6 is 0 Å². The van der Waals surface area contributed by atoms with Crippen molar-refractivity contribution in [3.05, 3.63) is 0 Å². The lowest BCUT2D eigenvalue weighted by Crippen LogP contribution is -2.35. The Kier molecular flexibility index (Phi) is 7.33. The lowest BCUT2D eigenvalue weighted by molar-refractivity contribution is -0.135. The Labute approximate surface area is 112 Å². The van der Waals surface area contributed by atoms with Crippen LogP contribution in [0.3, 0.4) is 0 Å². The van der Waals surface area contributed by atoms with Gasteiger partial charge in [-0.05, 0) is 38.0 Å². The van der Waals surface area contributed by atoms with E-state index in [1.807, 2.05) is 7.05 Å². The molecule has 1 amide bonds. The molecule has 3 nitrogen and oxygen atoms in total. The molecule has 0 heterocycles. The van der Waals surface area contributed by atoms with Crippen molar-refractivity contribution in [1.82, 2.24) is 4.90 Å². The summed E-state index contributed by atoms with van der Waals surface area (Å²) in [5.41, 5.74) is 0. The zero-order valence-corrected chi connectivity index (χ0v) is 12.0. The van der Waals surface area contributed by atoms with Gasteiger partial charge in [-0.25, -0.2) is 0 Å². The van der Waals surface area contributed by atoms with Gasteiger partial charge in [0.2, 0.25) is 5.91 Å². The molecule has 0 spiro atoms. The summed E-state index contributed by atoms with van der Waals surface area (Å²) in [6.45, 7) is 3.09. The summed E-state index contributed by atoms with van der Waals surface area (Å²) in [7, 11) is 1.86. The lowest BCUT2D eigenvalue weighted by atomic mass is 9.79. The van der Waals surface area contributed by atoms with Crippen molar-refractivity contribution in [3.63, 3.8) is 0 Å². The standard InChI is InChI=1S/C15H29NO2/c1-3-4-6-13-7-9-14(10-8-13)15(18)16(2)11-5-12-17/h13-14,17H,3-12H2,1-2H3. The Morgan fingerprint density at radius 2 is 1.89 bits per heavy atom. The van der Waals surface area contributed by atoms with Crippen molar-refractivity contribution in [2.24, 2.45) is 11.8 Å². The number of unbranched alkanes of at least 4 members (excludes halogenated alkanes) is 1. The maximum Gasteiger partial charge on any atom is 0.225 e.